The number of aliphatic imine (C=N–C) groups is 1. The molecule has 2 aliphatic rings. The predicted molar refractivity (Wildman–Crippen MR) is 108 cm³/mol. The standard InChI is InChI=1S/C17H34N4O.HI/c1-6-17(4)7-9-20(13-17)15(18-5)19-8-10-21-11-12-22-14-16(21,2)3;/h6-14H2,1-5H3,(H,18,19);1H. The lowest BCUT2D eigenvalue weighted by Gasteiger charge is -2.42. The average Bonchev–Trinajstić information content (AvgIpc) is 2.88. The molecule has 0 saturated carbocycles. The summed E-state index contributed by atoms with van der Waals surface area (Å²) in [5.74, 6) is 1.06. The van der Waals surface area contributed by atoms with Crippen LogP contribution in [0.5, 0.6) is 0 Å². The van der Waals surface area contributed by atoms with Crippen molar-refractivity contribution in [2.75, 3.05) is 53.0 Å². The Morgan fingerprint density at radius 1 is 1.26 bits per heavy atom. The van der Waals surface area contributed by atoms with E-state index in [1.54, 1.807) is 0 Å². The summed E-state index contributed by atoms with van der Waals surface area (Å²) in [5.41, 5.74) is 0.585. The molecule has 6 heteroatoms. The first-order valence-corrected chi connectivity index (χ1v) is 8.69. The molecule has 2 aliphatic heterocycles. The van der Waals surface area contributed by atoms with Crippen LogP contribution in [0.4, 0.5) is 0 Å². The molecule has 0 bridgehead atoms. The summed E-state index contributed by atoms with van der Waals surface area (Å²) in [5, 5.41) is 3.55. The van der Waals surface area contributed by atoms with Crippen LogP contribution >= 0.6 is 24.0 Å². The first-order valence-electron chi connectivity index (χ1n) is 8.69. The van der Waals surface area contributed by atoms with Crippen LogP contribution in [0, 0.1) is 5.41 Å². The van der Waals surface area contributed by atoms with Crippen molar-refractivity contribution in [2.45, 2.75) is 46.1 Å². The average molecular weight is 438 g/mol. The van der Waals surface area contributed by atoms with Gasteiger partial charge in [0.15, 0.2) is 5.96 Å². The quantitative estimate of drug-likeness (QED) is 0.416. The van der Waals surface area contributed by atoms with Crippen LogP contribution in [0.15, 0.2) is 4.99 Å². The fourth-order valence-electron chi connectivity index (χ4n) is 3.43. The number of morpholine rings is 1. The first kappa shape index (κ1) is 21.0. The molecule has 0 amide bonds. The van der Waals surface area contributed by atoms with E-state index >= 15 is 0 Å². The highest BCUT2D eigenvalue weighted by atomic mass is 127. The molecule has 23 heavy (non-hydrogen) atoms. The van der Waals surface area contributed by atoms with Gasteiger partial charge in [-0.2, -0.15) is 0 Å². The Hall–Kier alpha value is -0.0800. The summed E-state index contributed by atoms with van der Waals surface area (Å²) in [7, 11) is 1.89. The lowest BCUT2D eigenvalue weighted by molar-refractivity contribution is -0.0496. The van der Waals surface area contributed by atoms with Gasteiger partial charge in [0.05, 0.1) is 13.2 Å². The molecule has 1 atom stereocenters. The normalized spacial score (nSPS) is 28.6. The molecule has 0 radical (unpaired) electrons. The van der Waals surface area contributed by atoms with Gasteiger partial charge >= 0.3 is 0 Å². The zero-order valence-corrected chi connectivity index (χ0v) is 17.9. The van der Waals surface area contributed by atoms with E-state index in [0.29, 0.717) is 5.41 Å². The lowest BCUT2D eigenvalue weighted by atomic mass is 9.87. The second kappa shape index (κ2) is 8.85. The van der Waals surface area contributed by atoms with Gasteiger partial charge in [0, 0.05) is 45.3 Å². The van der Waals surface area contributed by atoms with E-state index in [1.165, 1.54) is 12.8 Å². The summed E-state index contributed by atoms with van der Waals surface area (Å²) in [6, 6.07) is 0. The highest BCUT2D eigenvalue weighted by Gasteiger charge is 2.34. The fourth-order valence-corrected chi connectivity index (χ4v) is 3.43. The van der Waals surface area contributed by atoms with Crippen LogP contribution < -0.4 is 5.32 Å². The molecule has 1 unspecified atom stereocenters. The van der Waals surface area contributed by atoms with E-state index in [0.717, 1.165) is 51.9 Å². The van der Waals surface area contributed by atoms with E-state index in [-0.39, 0.29) is 29.5 Å². The van der Waals surface area contributed by atoms with Crippen molar-refractivity contribution < 1.29 is 4.74 Å². The molecule has 0 aromatic carbocycles. The minimum atomic E-state index is 0. The topological polar surface area (TPSA) is 40.1 Å². The Kier molecular flexibility index (Phi) is 8.07. The highest BCUT2D eigenvalue weighted by molar-refractivity contribution is 14.0. The van der Waals surface area contributed by atoms with Gasteiger partial charge in [-0.1, -0.05) is 13.8 Å². The molecular weight excluding hydrogens is 403 g/mol. The van der Waals surface area contributed by atoms with E-state index in [2.05, 4.69) is 47.8 Å². The van der Waals surface area contributed by atoms with Crippen molar-refractivity contribution in [1.82, 2.24) is 15.1 Å². The van der Waals surface area contributed by atoms with Gasteiger partial charge in [-0.3, -0.25) is 9.89 Å². The van der Waals surface area contributed by atoms with E-state index in [4.69, 9.17) is 4.74 Å². The van der Waals surface area contributed by atoms with Crippen LogP contribution in [0.2, 0.25) is 0 Å². The number of hydrogen-bond donors (Lipinski definition) is 1. The zero-order chi connectivity index (χ0) is 16.2. The second-order valence-electron chi connectivity index (χ2n) is 7.66. The number of rotatable bonds is 4. The number of likely N-dealkylation sites (tertiary alicyclic amines) is 1. The molecular formula is C17H35IN4O. The van der Waals surface area contributed by atoms with Gasteiger partial charge in [0.1, 0.15) is 0 Å². The molecule has 0 aromatic rings. The fraction of sp³-hybridized carbons (Fsp3) is 0.941. The summed E-state index contributed by atoms with van der Waals surface area (Å²) in [6.07, 6.45) is 2.50. The van der Waals surface area contributed by atoms with Crippen molar-refractivity contribution in [1.29, 1.82) is 0 Å². The number of nitrogens with zero attached hydrogens (tertiary/aromatic N) is 3. The van der Waals surface area contributed by atoms with Gasteiger partial charge in [-0.15, -0.1) is 24.0 Å². The third kappa shape index (κ3) is 5.46. The van der Waals surface area contributed by atoms with Crippen LogP contribution in [0.3, 0.4) is 0 Å². The zero-order valence-electron chi connectivity index (χ0n) is 15.5. The number of halogens is 1. The largest absolute Gasteiger partial charge is 0.378 e. The van der Waals surface area contributed by atoms with Crippen LogP contribution in [-0.2, 0) is 4.74 Å². The maximum atomic E-state index is 5.59. The minimum absolute atomic E-state index is 0. The number of hydrogen-bond acceptors (Lipinski definition) is 3. The molecule has 5 nitrogen and oxygen atoms in total. The molecule has 136 valence electrons. The van der Waals surface area contributed by atoms with E-state index in [9.17, 15) is 0 Å². The van der Waals surface area contributed by atoms with Gasteiger partial charge in [0.25, 0.3) is 0 Å². The minimum Gasteiger partial charge on any atom is -0.378 e. The van der Waals surface area contributed by atoms with Crippen molar-refractivity contribution in [2.24, 2.45) is 10.4 Å². The summed E-state index contributed by atoms with van der Waals surface area (Å²) < 4.78 is 5.59. The Morgan fingerprint density at radius 2 is 2.00 bits per heavy atom. The van der Waals surface area contributed by atoms with Gasteiger partial charge in [-0.25, -0.2) is 0 Å². The maximum Gasteiger partial charge on any atom is 0.193 e. The van der Waals surface area contributed by atoms with Crippen LogP contribution in [0.25, 0.3) is 0 Å². The van der Waals surface area contributed by atoms with Gasteiger partial charge in [-0.05, 0) is 32.1 Å². The summed E-state index contributed by atoms with van der Waals surface area (Å²) in [4.78, 5) is 9.40. The molecule has 0 aliphatic carbocycles. The van der Waals surface area contributed by atoms with Crippen molar-refractivity contribution in [3.05, 3.63) is 0 Å². The van der Waals surface area contributed by atoms with Gasteiger partial charge in [0.2, 0.25) is 0 Å². The Bertz CT molecular complexity index is 402. The third-order valence-corrected chi connectivity index (χ3v) is 5.40. The Labute approximate surface area is 159 Å². The summed E-state index contributed by atoms with van der Waals surface area (Å²) >= 11 is 0. The Morgan fingerprint density at radius 3 is 2.57 bits per heavy atom. The molecule has 2 rings (SSSR count). The van der Waals surface area contributed by atoms with Crippen molar-refractivity contribution >= 4 is 29.9 Å². The molecule has 0 aromatic heterocycles. The predicted octanol–water partition coefficient (Wildman–Crippen LogP) is 2.41. The Balaban J connectivity index is 0.00000264. The van der Waals surface area contributed by atoms with Crippen LogP contribution in [-0.4, -0.2) is 74.3 Å². The molecule has 2 fully saturated rings. The smallest absolute Gasteiger partial charge is 0.193 e. The number of guanidine groups is 1. The molecule has 2 heterocycles. The maximum absolute atomic E-state index is 5.59. The monoisotopic (exact) mass is 438 g/mol. The lowest BCUT2D eigenvalue weighted by Crippen LogP contribution is -2.55. The number of nitrogens with one attached hydrogen (secondary N) is 1. The first-order chi connectivity index (χ1) is 10.4. The number of ether oxygens (including phenoxy) is 1. The highest BCUT2D eigenvalue weighted by Crippen LogP contribution is 2.32. The van der Waals surface area contributed by atoms with Crippen molar-refractivity contribution in [3.8, 4) is 0 Å². The molecule has 0 spiro atoms. The second-order valence-corrected chi connectivity index (χ2v) is 7.66. The summed E-state index contributed by atoms with van der Waals surface area (Å²) in [6.45, 7) is 16.1. The van der Waals surface area contributed by atoms with Gasteiger partial charge < -0.3 is 15.0 Å². The third-order valence-electron chi connectivity index (χ3n) is 5.40. The SMILES string of the molecule is CCC1(C)CCN(C(=NC)NCCN2CCOCC2(C)C)C1.I. The molecule has 2 saturated heterocycles. The van der Waals surface area contributed by atoms with Crippen LogP contribution in [0.1, 0.15) is 40.5 Å². The van der Waals surface area contributed by atoms with E-state index in [1.807, 2.05) is 7.05 Å². The van der Waals surface area contributed by atoms with Crippen molar-refractivity contribution in [3.63, 3.8) is 0 Å². The van der Waals surface area contributed by atoms with E-state index < -0.39 is 0 Å². The molecule has 1 N–H and O–H groups in total.